The summed E-state index contributed by atoms with van der Waals surface area (Å²) < 4.78 is 0. The van der Waals surface area contributed by atoms with Gasteiger partial charge in [0.05, 0.1) is 0 Å². The molecule has 2 aliphatic rings. The van der Waals surface area contributed by atoms with Gasteiger partial charge >= 0.3 is 6.03 Å². The number of nitrogens with zero attached hydrogens (tertiary/aromatic N) is 2. The van der Waals surface area contributed by atoms with E-state index < -0.39 is 36.3 Å². The Labute approximate surface area is 114 Å². The molecule has 2 saturated heterocycles. The van der Waals surface area contributed by atoms with Gasteiger partial charge in [-0.25, -0.2) is 4.79 Å². The first-order chi connectivity index (χ1) is 9.38. The van der Waals surface area contributed by atoms with Crippen LogP contribution in [0.2, 0.25) is 0 Å². The standard InChI is InChI=1S/C11H14N4O5/c1-14-5-9(18)15(11(14)20)4-8(17)12-6-2-3-7(16)13-10(6)19/h6H,2-5H2,1H3,(H,12,17)(H,13,16,19). The summed E-state index contributed by atoms with van der Waals surface area (Å²) >= 11 is 0. The average molecular weight is 282 g/mol. The van der Waals surface area contributed by atoms with E-state index in [4.69, 9.17) is 0 Å². The van der Waals surface area contributed by atoms with E-state index >= 15 is 0 Å². The van der Waals surface area contributed by atoms with Gasteiger partial charge in [-0.1, -0.05) is 0 Å². The second-order valence-corrected chi connectivity index (χ2v) is 4.69. The maximum Gasteiger partial charge on any atom is 0.327 e. The Balaban J connectivity index is 1.90. The molecule has 0 saturated carbocycles. The Hall–Kier alpha value is -2.45. The number of hydrogen-bond donors (Lipinski definition) is 2. The summed E-state index contributed by atoms with van der Waals surface area (Å²) in [5, 5.41) is 4.51. The molecule has 2 aliphatic heterocycles. The Morgan fingerprint density at radius 3 is 2.60 bits per heavy atom. The lowest BCUT2D eigenvalue weighted by Crippen LogP contribution is -2.54. The van der Waals surface area contributed by atoms with Gasteiger partial charge in [-0.05, 0) is 6.42 Å². The quantitative estimate of drug-likeness (QED) is 0.450. The van der Waals surface area contributed by atoms with E-state index in [2.05, 4.69) is 10.6 Å². The molecule has 0 aromatic heterocycles. The fraction of sp³-hybridized carbons (Fsp3) is 0.545. The number of carbonyl (C=O) groups is 5. The van der Waals surface area contributed by atoms with E-state index in [1.54, 1.807) is 0 Å². The molecule has 9 nitrogen and oxygen atoms in total. The predicted octanol–water partition coefficient (Wildman–Crippen LogP) is -2.20. The first kappa shape index (κ1) is 14.0. The zero-order chi connectivity index (χ0) is 14.9. The minimum atomic E-state index is -0.814. The summed E-state index contributed by atoms with van der Waals surface area (Å²) in [5.41, 5.74) is 0. The maximum atomic E-state index is 11.8. The van der Waals surface area contributed by atoms with Crippen molar-refractivity contribution in [3.05, 3.63) is 0 Å². The zero-order valence-corrected chi connectivity index (χ0v) is 10.8. The van der Waals surface area contributed by atoms with Crippen LogP contribution in [-0.4, -0.2) is 65.6 Å². The van der Waals surface area contributed by atoms with E-state index in [-0.39, 0.29) is 25.3 Å². The van der Waals surface area contributed by atoms with Gasteiger partial charge in [0.2, 0.25) is 17.7 Å². The highest BCUT2D eigenvalue weighted by Gasteiger charge is 2.36. The third kappa shape index (κ3) is 2.76. The fourth-order valence-corrected chi connectivity index (χ4v) is 2.04. The molecular weight excluding hydrogens is 268 g/mol. The Bertz CT molecular complexity index is 503. The lowest BCUT2D eigenvalue weighted by Gasteiger charge is -2.22. The first-order valence-corrected chi connectivity index (χ1v) is 6.07. The lowest BCUT2D eigenvalue weighted by molar-refractivity contribution is -0.137. The minimum absolute atomic E-state index is 0.0650. The van der Waals surface area contributed by atoms with Crippen molar-refractivity contribution in [1.29, 1.82) is 0 Å². The maximum absolute atomic E-state index is 11.8. The van der Waals surface area contributed by atoms with Crippen LogP contribution in [-0.2, 0) is 19.2 Å². The van der Waals surface area contributed by atoms with E-state index in [0.29, 0.717) is 0 Å². The van der Waals surface area contributed by atoms with E-state index in [0.717, 1.165) is 4.90 Å². The van der Waals surface area contributed by atoms with Crippen LogP contribution in [0.1, 0.15) is 12.8 Å². The van der Waals surface area contributed by atoms with Crippen molar-refractivity contribution in [3.8, 4) is 0 Å². The molecule has 2 rings (SSSR count). The van der Waals surface area contributed by atoms with E-state index in [1.165, 1.54) is 11.9 Å². The zero-order valence-electron chi connectivity index (χ0n) is 10.8. The SMILES string of the molecule is CN1CC(=O)N(CC(=O)NC2CCC(=O)NC2=O)C1=O. The molecule has 108 valence electrons. The van der Waals surface area contributed by atoms with Gasteiger partial charge in [0.15, 0.2) is 0 Å². The number of piperidine rings is 1. The third-order valence-corrected chi connectivity index (χ3v) is 3.11. The number of likely N-dealkylation sites (N-methyl/N-ethyl adjacent to an activating group) is 1. The number of carbonyl (C=O) groups excluding carboxylic acids is 5. The van der Waals surface area contributed by atoms with Crippen molar-refractivity contribution >= 4 is 29.7 Å². The normalized spacial score (nSPS) is 23.1. The topological polar surface area (TPSA) is 116 Å². The van der Waals surface area contributed by atoms with Gasteiger partial charge in [-0.3, -0.25) is 29.4 Å². The van der Waals surface area contributed by atoms with E-state index in [9.17, 15) is 24.0 Å². The van der Waals surface area contributed by atoms with Gasteiger partial charge in [0.25, 0.3) is 5.91 Å². The highest BCUT2D eigenvalue weighted by Crippen LogP contribution is 2.08. The van der Waals surface area contributed by atoms with Gasteiger partial charge < -0.3 is 10.2 Å². The summed E-state index contributed by atoms with van der Waals surface area (Å²) in [7, 11) is 1.46. The summed E-state index contributed by atoms with van der Waals surface area (Å²) in [4.78, 5) is 59.2. The van der Waals surface area contributed by atoms with Crippen molar-refractivity contribution in [1.82, 2.24) is 20.4 Å². The Kier molecular flexibility index (Phi) is 3.68. The number of nitrogens with one attached hydrogen (secondary N) is 2. The predicted molar refractivity (Wildman–Crippen MR) is 64.1 cm³/mol. The highest BCUT2D eigenvalue weighted by molar-refractivity contribution is 6.05. The molecule has 0 radical (unpaired) electrons. The van der Waals surface area contributed by atoms with Gasteiger partial charge in [0, 0.05) is 13.5 Å². The van der Waals surface area contributed by atoms with Crippen molar-refractivity contribution in [2.75, 3.05) is 20.1 Å². The molecular formula is C11H14N4O5. The second kappa shape index (κ2) is 5.27. The lowest BCUT2D eigenvalue weighted by atomic mass is 10.1. The molecule has 6 amide bonds. The van der Waals surface area contributed by atoms with E-state index in [1.807, 2.05) is 0 Å². The van der Waals surface area contributed by atoms with Crippen molar-refractivity contribution in [2.24, 2.45) is 0 Å². The van der Waals surface area contributed by atoms with Crippen LogP contribution in [0.4, 0.5) is 4.79 Å². The van der Waals surface area contributed by atoms with Crippen LogP contribution >= 0.6 is 0 Å². The molecule has 1 atom stereocenters. The third-order valence-electron chi connectivity index (χ3n) is 3.11. The van der Waals surface area contributed by atoms with Crippen molar-refractivity contribution < 1.29 is 24.0 Å². The number of hydrogen-bond acceptors (Lipinski definition) is 5. The molecule has 0 aliphatic carbocycles. The molecule has 2 fully saturated rings. The van der Waals surface area contributed by atoms with Crippen LogP contribution < -0.4 is 10.6 Å². The Morgan fingerprint density at radius 2 is 2.05 bits per heavy atom. The van der Waals surface area contributed by atoms with Crippen LogP contribution in [0.5, 0.6) is 0 Å². The molecule has 0 bridgehead atoms. The fourth-order valence-electron chi connectivity index (χ4n) is 2.04. The molecule has 20 heavy (non-hydrogen) atoms. The van der Waals surface area contributed by atoms with Crippen molar-refractivity contribution in [2.45, 2.75) is 18.9 Å². The summed E-state index contributed by atoms with van der Waals surface area (Å²) in [5.74, 6) is -2.04. The second-order valence-electron chi connectivity index (χ2n) is 4.69. The smallest absolute Gasteiger partial charge is 0.327 e. The van der Waals surface area contributed by atoms with Crippen LogP contribution in [0.15, 0.2) is 0 Å². The number of rotatable bonds is 3. The number of amides is 6. The molecule has 9 heteroatoms. The van der Waals surface area contributed by atoms with Gasteiger partial charge in [0.1, 0.15) is 19.1 Å². The summed E-state index contributed by atoms with van der Waals surface area (Å²) in [6.07, 6.45) is 0.346. The van der Waals surface area contributed by atoms with Gasteiger partial charge in [-0.15, -0.1) is 0 Å². The number of imide groups is 2. The van der Waals surface area contributed by atoms with Crippen LogP contribution in [0, 0.1) is 0 Å². The average Bonchev–Trinajstić information content (AvgIpc) is 2.60. The highest BCUT2D eigenvalue weighted by atomic mass is 16.2. The minimum Gasteiger partial charge on any atom is -0.343 e. The first-order valence-electron chi connectivity index (χ1n) is 6.07. The van der Waals surface area contributed by atoms with Crippen LogP contribution in [0.3, 0.4) is 0 Å². The van der Waals surface area contributed by atoms with Crippen LogP contribution in [0.25, 0.3) is 0 Å². The number of urea groups is 1. The summed E-state index contributed by atoms with van der Waals surface area (Å²) in [6.45, 7) is -0.496. The molecule has 1 unspecified atom stereocenters. The molecule has 0 spiro atoms. The molecule has 2 N–H and O–H groups in total. The summed E-state index contributed by atoms with van der Waals surface area (Å²) in [6, 6.07) is -1.36. The molecule has 2 heterocycles. The molecule has 0 aromatic rings. The Morgan fingerprint density at radius 1 is 1.35 bits per heavy atom. The largest absolute Gasteiger partial charge is 0.343 e. The van der Waals surface area contributed by atoms with Gasteiger partial charge in [-0.2, -0.15) is 0 Å². The molecule has 0 aromatic carbocycles. The monoisotopic (exact) mass is 282 g/mol. The van der Waals surface area contributed by atoms with Crippen molar-refractivity contribution in [3.63, 3.8) is 0 Å².